The smallest absolute Gasteiger partial charge is 0.165 e. The summed E-state index contributed by atoms with van der Waals surface area (Å²) in [5.41, 5.74) is 7.43. The van der Waals surface area contributed by atoms with Gasteiger partial charge in [-0.05, 0) is 30.7 Å². The van der Waals surface area contributed by atoms with Gasteiger partial charge in [0.05, 0.1) is 11.1 Å². The molecule has 1 heterocycles. The van der Waals surface area contributed by atoms with Gasteiger partial charge in [0, 0.05) is 18.0 Å². The number of nitrogens with one attached hydrogen (secondary N) is 1. The van der Waals surface area contributed by atoms with Gasteiger partial charge in [0.2, 0.25) is 0 Å². The Morgan fingerprint density at radius 1 is 1.09 bits per heavy atom. The largest absolute Gasteiger partial charge is 0.507 e. The second-order valence-corrected chi connectivity index (χ2v) is 5.48. The van der Waals surface area contributed by atoms with Crippen molar-refractivity contribution in [3.63, 3.8) is 0 Å². The van der Waals surface area contributed by atoms with E-state index in [0.29, 0.717) is 17.9 Å². The molecule has 23 heavy (non-hydrogen) atoms. The molecule has 0 radical (unpaired) electrons. The lowest BCUT2D eigenvalue weighted by Crippen LogP contribution is -2.28. The molecule has 0 aliphatic rings. The van der Waals surface area contributed by atoms with Crippen molar-refractivity contribution < 1.29 is 5.11 Å². The zero-order valence-electron chi connectivity index (χ0n) is 13.0. The maximum absolute atomic E-state index is 10.1. The van der Waals surface area contributed by atoms with Crippen molar-refractivity contribution in [1.82, 2.24) is 9.97 Å². The highest BCUT2D eigenvalue weighted by molar-refractivity contribution is 5.90. The Morgan fingerprint density at radius 3 is 2.61 bits per heavy atom. The van der Waals surface area contributed by atoms with Crippen LogP contribution in [0.2, 0.25) is 0 Å². The van der Waals surface area contributed by atoms with Gasteiger partial charge in [-0.3, -0.25) is 0 Å². The molecule has 1 atom stereocenters. The number of rotatable bonds is 5. The molecule has 0 unspecified atom stereocenters. The quantitative estimate of drug-likeness (QED) is 0.674. The number of hydrogen-bond acceptors (Lipinski definition) is 5. The van der Waals surface area contributed by atoms with Gasteiger partial charge < -0.3 is 16.2 Å². The molecule has 0 saturated carbocycles. The molecule has 0 saturated heterocycles. The van der Waals surface area contributed by atoms with Crippen molar-refractivity contribution in [3.05, 3.63) is 48.5 Å². The van der Waals surface area contributed by atoms with Gasteiger partial charge >= 0.3 is 0 Å². The van der Waals surface area contributed by atoms with Crippen molar-refractivity contribution in [2.75, 3.05) is 11.9 Å². The minimum Gasteiger partial charge on any atom is -0.507 e. The number of aromatic nitrogens is 2. The Kier molecular flexibility index (Phi) is 4.39. The summed E-state index contributed by atoms with van der Waals surface area (Å²) in [4.78, 5) is 9.17. The van der Waals surface area contributed by atoms with E-state index in [4.69, 9.17) is 5.73 Å². The van der Waals surface area contributed by atoms with Crippen LogP contribution in [0.3, 0.4) is 0 Å². The Labute approximate surface area is 135 Å². The topological polar surface area (TPSA) is 84.1 Å². The predicted octanol–water partition coefficient (Wildman–Crippen LogP) is 3.15. The van der Waals surface area contributed by atoms with E-state index in [1.165, 1.54) is 0 Å². The highest BCUT2D eigenvalue weighted by atomic mass is 16.3. The van der Waals surface area contributed by atoms with Crippen LogP contribution in [-0.2, 0) is 0 Å². The van der Waals surface area contributed by atoms with Gasteiger partial charge in [0.25, 0.3) is 0 Å². The van der Waals surface area contributed by atoms with Crippen LogP contribution in [0.15, 0.2) is 48.5 Å². The third-order valence-corrected chi connectivity index (χ3v) is 3.80. The highest BCUT2D eigenvalue weighted by Crippen LogP contribution is 2.29. The Hall–Kier alpha value is -2.66. The summed E-state index contributed by atoms with van der Waals surface area (Å²) in [6.07, 6.45) is 0.891. The Bertz CT molecular complexity index is 819. The number of hydrogen-bond donors (Lipinski definition) is 3. The summed E-state index contributed by atoms with van der Waals surface area (Å²) in [5.74, 6) is 1.39. The lowest BCUT2D eigenvalue weighted by molar-refractivity contribution is 0.477. The Balaban J connectivity index is 2.08. The number of phenolic OH excluding ortho intramolecular Hbond substituents is 1. The van der Waals surface area contributed by atoms with Crippen LogP contribution in [0.25, 0.3) is 22.3 Å². The molecule has 1 aromatic heterocycles. The van der Waals surface area contributed by atoms with Crippen LogP contribution < -0.4 is 11.1 Å². The number of fused-ring (bicyclic) bond motifs is 1. The van der Waals surface area contributed by atoms with Gasteiger partial charge in [-0.2, -0.15) is 0 Å². The van der Waals surface area contributed by atoms with Gasteiger partial charge in [-0.25, -0.2) is 9.97 Å². The second-order valence-electron chi connectivity index (χ2n) is 5.48. The predicted molar refractivity (Wildman–Crippen MR) is 93.4 cm³/mol. The number of nitrogens with zero attached hydrogens (tertiary/aromatic N) is 2. The Morgan fingerprint density at radius 2 is 1.83 bits per heavy atom. The van der Waals surface area contributed by atoms with Crippen LogP contribution in [-0.4, -0.2) is 27.7 Å². The van der Waals surface area contributed by atoms with Gasteiger partial charge in [0.1, 0.15) is 11.6 Å². The van der Waals surface area contributed by atoms with Crippen molar-refractivity contribution in [2.24, 2.45) is 5.73 Å². The first kappa shape index (κ1) is 15.2. The van der Waals surface area contributed by atoms with Crippen LogP contribution in [0.5, 0.6) is 5.75 Å². The third-order valence-electron chi connectivity index (χ3n) is 3.80. The van der Waals surface area contributed by atoms with Crippen LogP contribution >= 0.6 is 0 Å². The number of nitrogens with two attached hydrogens (primary N) is 1. The molecule has 0 fully saturated rings. The maximum atomic E-state index is 10.1. The number of aromatic hydroxyl groups is 1. The van der Waals surface area contributed by atoms with E-state index in [1.54, 1.807) is 18.2 Å². The van der Waals surface area contributed by atoms with E-state index in [1.807, 2.05) is 30.3 Å². The normalized spacial score (nSPS) is 12.3. The van der Waals surface area contributed by atoms with Crippen molar-refractivity contribution in [3.8, 4) is 17.1 Å². The number of para-hydroxylation sites is 2. The molecule has 5 heteroatoms. The lowest BCUT2D eigenvalue weighted by atomic mass is 10.1. The summed E-state index contributed by atoms with van der Waals surface area (Å²) in [7, 11) is 0. The van der Waals surface area contributed by atoms with Crippen LogP contribution in [0.1, 0.15) is 13.3 Å². The van der Waals surface area contributed by atoms with Crippen molar-refractivity contribution >= 4 is 16.7 Å². The molecule has 0 aliphatic heterocycles. The first-order chi connectivity index (χ1) is 11.2. The van der Waals surface area contributed by atoms with Gasteiger partial charge in [-0.15, -0.1) is 0 Å². The number of anilines is 1. The molecule has 5 nitrogen and oxygen atoms in total. The molecule has 118 valence electrons. The van der Waals surface area contributed by atoms with E-state index in [0.717, 1.165) is 23.1 Å². The zero-order valence-corrected chi connectivity index (χ0v) is 13.0. The van der Waals surface area contributed by atoms with Crippen LogP contribution in [0, 0.1) is 0 Å². The molecule has 0 spiro atoms. The summed E-state index contributed by atoms with van der Waals surface area (Å²) >= 11 is 0. The highest BCUT2D eigenvalue weighted by Gasteiger charge is 2.12. The first-order valence-electron chi connectivity index (χ1n) is 7.73. The molecule has 3 aromatic rings. The van der Waals surface area contributed by atoms with E-state index >= 15 is 0 Å². The van der Waals surface area contributed by atoms with Gasteiger partial charge in [-0.1, -0.05) is 31.2 Å². The summed E-state index contributed by atoms with van der Waals surface area (Å²) in [6, 6.07) is 14.9. The maximum Gasteiger partial charge on any atom is 0.165 e. The molecule has 0 bridgehead atoms. The van der Waals surface area contributed by atoms with E-state index in [2.05, 4.69) is 22.2 Å². The second kappa shape index (κ2) is 6.62. The summed E-state index contributed by atoms with van der Waals surface area (Å²) < 4.78 is 0. The number of phenols is 1. The first-order valence-corrected chi connectivity index (χ1v) is 7.73. The van der Waals surface area contributed by atoms with E-state index in [9.17, 15) is 5.11 Å². The molecule has 0 aliphatic carbocycles. The van der Waals surface area contributed by atoms with E-state index in [-0.39, 0.29) is 11.8 Å². The molecular weight excluding hydrogens is 288 g/mol. The molecule has 3 rings (SSSR count). The monoisotopic (exact) mass is 308 g/mol. The van der Waals surface area contributed by atoms with Gasteiger partial charge in [0.15, 0.2) is 5.82 Å². The fourth-order valence-corrected chi connectivity index (χ4v) is 2.37. The molecule has 2 aromatic carbocycles. The van der Waals surface area contributed by atoms with Crippen molar-refractivity contribution in [1.29, 1.82) is 0 Å². The average molecular weight is 308 g/mol. The summed E-state index contributed by atoms with van der Waals surface area (Å²) in [6.45, 7) is 2.69. The minimum absolute atomic E-state index is 0.0669. The van der Waals surface area contributed by atoms with Crippen molar-refractivity contribution in [2.45, 2.75) is 19.4 Å². The average Bonchev–Trinajstić information content (AvgIpc) is 2.59. The zero-order chi connectivity index (χ0) is 16.2. The van der Waals surface area contributed by atoms with E-state index < -0.39 is 0 Å². The van der Waals surface area contributed by atoms with Crippen LogP contribution in [0.4, 0.5) is 5.82 Å². The molecule has 4 N–H and O–H groups in total. The number of benzene rings is 2. The minimum atomic E-state index is 0.0669. The molecular formula is C18H20N4O. The molecule has 0 amide bonds. The fourth-order valence-electron chi connectivity index (χ4n) is 2.37. The fraction of sp³-hybridized carbons (Fsp3) is 0.222. The SMILES string of the molecule is CC[C@H](N)CNc1nc(-c2ccccc2O)nc2ccccc12. The lowest BCUT2D eigenvalue weighted by Gasteiger charge is -2.14. The standard InChI is InChI=1S/C18H20N4O/c1-2-12(19)11-20-17-13-7-3-5-9-15(13)21-18(22-17)14-8-4-6-10-16(14)23/h3-10,12,23H,2,11,19H2,1H3,(H,20,21,22)/t12-/m0/s1. The summed E-state index contributed by atoms with van der Waals surface area (Å²) in [5, 5.41) is 14.3. The third kappa shape index (κ3) is 3.24.